The van der Waals surface area contributed by atoms with Crippen LogP contribution in [0.15, 0.2) is 72.8 Å². The molecule has 1 heterocycles. The number of fused-ring (bicyclic) bond motifs is 1. The van der Waals surface area contributed by atoms with Crippen molar-refractivity contribution in [1.29, 1.82) is 0 Å². The molecular weight excluding hydrogens is 403 g/mol. The SMILES string of the molecule is O=C(c1ccccc1)N1CCCc2ccc(NS(=O)(=O)Cc3ccccc3F)cc21. The van der Waals surface area contributed by atoms with Crippen LogP contribution in [0.1, 0.15) is 27.9 Å². The van der Waals surface area contributed by atoms with Gasteiger partial charge in [0.2, 0.25) is 10.0 Å². The summed E-state index contributed by atoms with van der Waals surface area (Å²) in [4.78, 5) is 14.7. The number of hydrogen-bond acceptors (Lipinski definition) is 3. The molecule has 1 amide bonds. The molecule has 0 unspecified atom stereocenters. The Bertz CT molecular complexity index is 1180. The quantitative estimate of drug-likeness (QED) is 0.662. The van der Waals surface area contributed by atoms with Gasteiger partial charge in [0.05, 0.1) is 11.4 Å². The van der Waals surface area contributed by atoms with Crippen molar-refractivity contribution in [2.75, 3.05) is 16.2 Å². The predicted octanol–water partition coefficient (Wildman–Crippen LogP) is 4.36. The van der Waals surface area contributed by atoms with Crippen molar-refractivity contribution < 1.29 is 17.6 Å². The average molecular weight is 424 g/mol. The predicted molar refractivity (Wildman–Crippen MR) is 116 cm³/mol. The van der Waals surface area contributed by atoms with E-state index in [9.17, 15) is 17.6 Å². The van der Waals surface area contributed by atoms with Crippen LogP contribution in [-0.2, 0) is 22.2 Å². The number of hydrogen-bond donors (Lipinski definition) is 1. The molecule has 4 rings (SSSR count). The molecule has 5 nitrogen and oxygen atoms in total. The Kier molecular flexibility index (Phi) is 5.55. The molecule has 0 spiro atoms. The van der Waals surface area contributed by atoms with Crippen LogP contribution in [-0.4, -0.2) is 20.9 Å². The van der Waals surface area contributed by atoms with Crippen molar-refractivity contribution in [2.24, 2.45) is 0 Å². The molecule has 0 aromatic heterocycles. The summed E-state index contributed by atoms with van der Waals surface area (Å²) in [5.74, 6) is -1.15. The van der Waals surface area contributed by atoms with Gasteiger partial charge in [0.25, 0.3) is 5.91 Å². The van der Waals surface area contributed by atoms with E-state index >= 15 is 0 Å². The van der Waals surface area contributed by atoms with Gasteiger partial charge in [-0.05, 0) is 48.7 Å². The van der Waals surface area contributed by atoms with Crippen molar-refractivity contribution in [1.82, 2.24) is 0 Å². The minimum Gasteiger partial charge on any atom is -0.308 e. The summed E-state index contributed by atoms with van der Waals surface area (Å²) < 4.78 is 41.5. The summed E-state index contributed by atoms with van der Waals surface area (Å²) in [5, 5.41) is 0. The summed E-state index contributed by atoms with van der Waals surface area (Å²) in [5.41, 5.74) is 2.71. The number of nitrogens with one attached hydrogen (secondary N) is 1. The minimum absolute atomic E-state index is 0.101. The third kappa shape index (κ3) is 4.36. The van der Waals surface area contributed by atoms with E-state index in [4.69, 9.17) is 0 Å². The van der Waals surface area contributed by atoms with Gasteiger partial charge >= 0.3 is 0 Å². The highest BCUT2D eigenvalue weighted by Crippen LogP contribution is 2.31. The van der Waals surface area contributed by atoms with Crippen LogP contribution in [0.5, 0.6) is 0 Å². The van der Waals surface area contributed by atoms with E-state index < -0.39 is 21.6 Å². The highest BCUT2D eigenvalue weighted by atomic mass is 32.2. The molecule has 0 bridgehead atoms. The standard InChI is InChI=1S/C23H21FN2O3S/c24-21-11-5-4-9-19(21)16-30(28,29)25-20-13-12-17-10-6-14-26(22(17)15-20)23(27)18-7-2-1-3-8-18/h1-5,7-9,11-13,15,25H,6,10,14,16H2. The largest absolute Gasteiger partial charge is 0.308 e. The second-order valence-corrected chi connectivity index (χ2v) is 8.94. The Labute approximate surface area is 175 Å². The topological polar surface area (TPSA) is 66.5 Å². The molecule has 0 radical (unpaired) electrons. The van der Waals surface area contributed by atoms with Gasteiger partial charge in [-0.3, -0.25) is 9.52 Å². The molecule has 0 atom stereocenters. The summed E-state index contributed by atoms with van der Waals surface area (Å²) in [6.45, 7) is 0.562. The minimum atomic E-state index is -3.82. The van der Waals surface area contributed by atoms with Crippen LogP contribution in [0.4, 0.5) is 15.8 Å². The van der Waals surface area contributed by atoms with Crippen LogP contribution in [0.2, 0.25) is 0 Å². The first kappa shape index (κ1) is 20.1. The molecular formula is C23H21FN2O3S. The van der Waals surface area contributed by atoms with E-state index in [1.165, 1.54) is 18.2 Å². The van der Waals surface area contributed by atoms with Gasteiger partial charge in [0, 0.05) is 23.4 Å². The van der Waals surface area contributed by atoms with Crippen LogP contribution < -0.4 is 9.62 Å². The van der Waals surface area contributed by atoms with Crippen molar-refractivity contribution in [2.45, 2.75) is 18.6 Å². The van der Waals surface area contributed by atoms with Crippen molar-refractivity contribution >= 4 is 27.3 Å². The molecule has 3 aromatic carbocycles. The van der Waals surface area contributed by atoms with E-state index in [0.717, 1.165) is 18.4 Å². The molecule has 0 saturated heterocycles. The third-order valence-corrected chi connectivity index (χ3v) is 6.28. The number of aryl methyl sites for hydroxylation is 1. The van der Waals surface area contributed by atoms with E-state index in [0.29, 0.717) is 23.5 Å². The third-order valence-electron chi connectivity index (χ3n) is 5.05. The van der Waals surface area contributed by atoms with Crippen molar-refractivity contribution in [3.05, 3.63) is 95.3 Å². The molecule has 154 valence electrons. The fourth-order valence-electron chi connectivity index (χ4n) is 3.62. The highest BCUT2D eigenvalue weighted by Gasteiger charge is 2.24. The molecule has 0 saturated carbocycles. The number of nitrogens with zero attached hydrogens (tertiary/aromatic N) is 1. The van der Waals surface area contributed by atoms with E-state index in [-0.39, 0.29) is 11.5 Å². The maximum absolute atomic E-state index is 13.8. The van der Waals surface area contributed by atoms with Crippen LogP contribution in [0.3, 0.4) is 0 Å². The van der Waals surface area contributed by atoms with E-state index in [1.807, 2.05) is 24.3 Å². The van der Waals surface area contributed by atoms with Gasteiger partial charge in [-0.15, -0.1) is 0 Å². The number of carbonyl (C=O) groups is 1. The fourth-order valence-corrected chi connectivity index (χ4v) is 4.82. The van der Waals surface area contributed by atoms with Crippen molar-refractivity contribution in [3.8, 4) is 0 Å². The Morgan fingerprint density at radius 3 is 2.50 bits per heavy atom. The summed E-state index contributed by atoms with van der Waals surface area (Å²) in [6.07, 6.45) is 1.65. The number of amides is 1. The Hall–Kier alpha value is -3.19. The molecule has 3 aromatic rings. The second-order valence-electron chi connectivity index (χ2n) is 7.22. The molecule has 30 heavy (non-hydrogen) atoms. The molecule has 7 heteroatoms. The number of rotatable bonds is 5. The summed E-state index contributed by atoms with van der Waals surface area (Å²) in [7, 11) is -3.82. The highest BCUT2D eigenvalue weighted by molar-refractivity contribution is 7.91. The lowest BCUT2D eigenvalue weighted by Crippen LogP contribution is -2.35. The number of halogens is 1. The number of sulfonamides is 1. The lowest BCUT2D eigenvalue weighted by molar-refractivity contribution is 0.0985. The first-order valence-electron chi connectivity index (χ1n) is 9.67. The van der Waals surface area contributed by atoms with E-state index in [2.05, 4.69) is 4.72 Å². The second kappa shape index (κ2) is 8.28. The number of anilines is 2. The van der Waals surface area contributed by atoms with Gasteiger partial charge < -0.3 is 4.90 Å². The Morgan fingerprint density at radius 2 is 1.73 bits per heavy atom. The van der Waals surface area contributed by atoms with Gasteiger partial charge in [-0.25, -0.2) is 12.8 Å². The number of carbonyl (C=O) groups excluding carboxylic acids is 1. The summed E-state index contributed by atoms with van der Waals surface area (Å²) in [6, 6.07) is 20.0. The van der Waals surface area contributed by atoms with Crippen LogP contribution >= 0.6 is 0 Å². The van der Waals surface area contributed by atoms with Crippen LogP contribution in [0, 0.1) is 5.82 Å². The summed E-state index contributed by atoms with van der Waals surface area (Å²) >= 11 is 0. The Morgan fingerprint density at radius 1 is 1.00 bits per heavy atom. The zero-order chi connectivity index (χ0) is 21.1. The molecule has 0 fully saturated rings. The van der Waals surface area contributed by atoms with Gasteiger partial charge in [-0.2, -0.15) is 0 Å². The Balaban J connectivity index is 1.60. The maximum atomic E-state index is 13.8. The van der Waals surface area contributed by atoms with Gasteiger partial charge in [-0.1, -0.05) is 42.5 Å². The fraction of sp³-hybridized carbons (Fsp3) is 0.174. The monoisotopic (exact) mass is 424 g/mol. The number of benzene rings is 3. The smallest absolute Gasteiger partial charge is 0.258 e. The zero-order valence-corrected chi connectivity index (χ0v) is 17.0. The zero-order valence-electron chi connectivity index (χ0n) is 16.2. The average Bonchev–Trinajstić information content (AvgIpc) is 2.74. The van der Waals surface area contributed by atoms with Crippen LogP contribution in [0.25, 0.3) is 0 Å². The van der Waals surface area contributed by atoms with Gasteiger partial charge in [0.15, 0.2) is 0 Å². The van der Waals surface area contributed by atoms with E-state index in [1.54, 1.807) is 35.2 Å². The normalized spacial score (nSPS) is 13.6. The molecule has 0 aliphatic carbocycles. The maximum Gasteiger partial charge on any atom is 0.258 e. The molecule has 1 aliphatic rings. The lowest BCUT2D eigenvalue weighted by atomic mass is 10.00. The first-order valence-corrected chi connectivity index (χ1v) is 11.3. The first-order chi connectivity index (χ1) is 14.4. The molecule has 1 aliphatic heterocycles. The van der Waals surface area contributed by atoms with Crippen molar-refractivity contribution in [3.63, 3.8) is 0 Å². The van der Waals surface area contributed by atoms with Gasteiger partial charge in [0.1, 0.15) is 5.82 Å². The molecule has 1 N–H and O–H groups in total. The lowest BCUT2D eigenvalue weighted by Gasteiger charge is -2.30.